The summed E-state index contributed by atoms with van der Waals surface area (Å²) in [5.41, 5.74) is 5.73. The first-order valence-corrected chi connectivity index (χ1v) is 7.22. The fourth-order valence-electron chi connectivity index (χ4n) is 1.47. The molecule has 0 spiro atoms. The van der Waals surface area contributed by atoms with E-state index in [4.69, 9.17) is 17.3 Å². The van der Waals surface area contributed by atoms with Crippen molar-refractivity contribution in [3.63, 3.8) is 0 Å². The molecule has 1 unspecified atom stereocenters. The summed E-state index contributed by atoms with van der Waals surface area (Å²) in [5.74, 6) is -0.0114. The fraction of sp³-hybridized carbons (Fsp3) is 0.455. The lowest BCUT2D eigenvalue weighted by Crippen LogP contribution is -2.29. The Morgan fingerprint density at radius 3 is 2.38 bits per heavy atom. The van der Waals surface area contributed by atoms with Crippen LogP contribution in [0, 0.1) is 0 Å². The maximum absolute atomic E-state index is 11.9. The minimum absolute atomic E-state index is 0.0114. The van der Waals surface area contributed by atoms with Crippen molar-refractivity contribution in [1.82, 2.24) is 0 Å². The van der Waals surface area contributed by atoms with Gasteiger partial charge in [0.1, 0.15) is 0 Å². The van der Waals surface area contributed by atoms with E-state index in [1.807, 2.05) is 6.92 Å². The first-order chi connectivity index (χ1) is 7.45. The number of halogens is 1. The van der Waals surface area contributed by atoms with Gasteiger partial charge in [-0.25, -0.2) is 8.42 Å². The van der Waals surface area contributed by atoms with Gasteiger partial charge >= 0.3 is 0 Å². The summed E-state index contributed by atoms with van der Waals surface area (Å²) in [6.07, 6.45) is 1.60. The largest absolute Gasteiger partial charge is 0.327 e. The molecule has 5 heteroatoms. The molecule has 2 N–H and O–H groups in total. The van der Waals surface area contributed by atoms with Crippen molar-refractivity contribution in [3.05, 3.63) is 29.3 Å². The number of benzene rings is 1. The van der Waals surface area contributed by atoms with Gasteiger partial charge in [0.2, 0.25) is 0 Å². The Morgan fingerprint density at radius 2 is 1.88 bits per heavy atom. The number of sulfone groups is 1. The second kappa shape index (κ2) is 5.66. The van der Waals surface area contributed by atoms with Crippen LogP contribution in [0.5, 0.6) is 0 Å². The third-order valence-corrected chi connectivity index (χ3v) is 4.38. The molecule has 90 valence electrons. The van der Waals surface area contributed by atoms with Gasteiger partial charge in [-0.2, -0.15) is 0 Å². The van der Waals surface area contributed by atoms with Gasteiger partial charge in [0.25, 0.3) is 0 Å². The second-order valence-corrected chi connectivity index (χ2v) is 6.25. The van der Waals surface area contributed by atoms with Crippen LogP contribution in [0.2, 0.25) is 5.02 Å². The zero-order chi connectivity index (χ0) is 12.2. The Bertz CT molecular complexity index is 428. The summed E-state index contributed by atoms with van der Waals surface area (Å²) < 4.78 is 23.8. The van der Waals surface area contributed by atoms with Crippen LogP contribution < -0.4 is 5.73 Å². The van der Waals surface area contributed by atoms with E-state index in [0.29, 0.717) is 11.4 Å². The standard InChI is InChI=1S/C11H16ClNO2S/c1-2-3-10(13)8-16(14,15)11-6-4-9(12)5-7-11/h4-7,10H,2-3,8,13H2,1H3. The lowest BCUT2D eigenvalue weighted by Gasteiger charge is -2.10. The molecule has 1 atom stereocenters. The van der Waals surface area contributed by atoms with Crippen molar-refractivity contribution in [1.29, 1.82) is 0 Å². The van der Waals surface area contributed by atoms with Crippen molar-refractivity contribution in [2.45, 2.75) is 30.7 Å². The number of hydrogen-bond acceptors (Lipinski definition) is 3. The molecular weight excluding hydrogens is 246 g/mol. The minimum atomic E-state index is -3.28. The Morgan fingerprint density at radius 1 is 1.31 bits per heavy atom. The highest BCUT2D eigenvalue weighted by atomic mass is 35.5. The number of rotatable bonds is 5. The summed E-state index contributed by atoms with van der Waals surface area (Å²) in [6.45, 7) is 1.98. The topological polar surface area (TPSA) is 60.2 Å². The Kier molecular flexibility index (Phi) is 4.77. The van der Waals surface area contributed by atoms with Crippen LogP contribution in [0.4, 0.5) is 0 Å². The van der Waals surface area contributed by atoms with Crippen molar-refractivity contribution in [2.75, 3.05) is 5.75 Å². The van der Waals surface area contributed by atoms with Crippen molar-refractivity contribution < 1.29 is 8.42 Å². The van der Waals surface area contributed by atoms with E-state index in [9.17, 15) is 8.42 Å². The average molecular weight is 262 g/mol. The molecule has 1 aromatic rings. The molecule has 0 aromatic heterocycles. The molecule has 0 radical (unpaired) electrons. The Balaban J connectivity index is 2.82. The number of nitrogens with two attached hydrogens (primary N) is 1. The van der Waals surface area contributed by atoms with E-state index in [1.165, 1.54) is 12.1 Å². The summed E-state index contributed by atoms with van der Waals surface area (Å²) in [7, 11) is -3.28. The highest BCUT2D eigenvalue weighted by Gasteiger charge is 2.18. The molecule has 0 amide bonds. The first-order valence-electron chi connectivity index (χ1n) is 5.19. The summed E-state index contributed by atoms with van der Waals surface area (Å²) in [4.78, 5) is 0.281. The third kappa shape index (κ3) is 3.77. The van der Waals surface area contributed by atoms with E-state index in [0.717, 1.165) is 6.42 Å². The van der Waals surface area contributed by atoms with Crippen molar-refractivity contribution in [3.8, 4) is 0 Å². The van der Waals surface area contributed by atoms with Gasteiger partial charge in [0.15, 0.2) is 9.84 Å². The van der Waals surface area contributed by atoms with Gasteiger partial charge in [-0.3, -0.25) is 0 Å². The molecule has 0 saturated heterocycles. The molecule has 0 aliphatic rings. The third-order valence-electron chi connectivity index (χ3n) is 2.27. The van der Waals surface area contributed by atoms with Crippen molar-refractivity contribution in [2.24, 2.45) is 5.73 Å². The average Bonchev–Trinajstić information content (AvgIpc) is 2.17. The van der Waals surface area contributed by atoms with Crippen LogP contribution >= 0.6 is 11.6 Å². The molecule has 1 aromatic carbocycles. The molecule has 0 heterocycles. The predicted molar refractivity (Wildman–Crippen MR) is 66.4 cm³/mol. The lowest BCUT2D eigenvalue weighted by atomic mass is 10.2. The minimum Gasteiger partial charge on any atom is -0.327 e. The van der Waals surface area contributed by atoms with Crippen molar-refractivity contribution >= 4 is 21.4 Å². The van der Waals surface area contributed by atoms with Crippen LogP contribution in [0.1, 0.15) is 19.8 Å². The van der Waals surface area contributed by atoms with Crippen LogP contribution in [0.15, 0.2) is 29.2 Å². The molecule has 1 rings (SSSR count). The molecular formula is C11H16ClNO2S. The summed E-state index contributed by atoms with van der Waals surface area (Å²) >= 11 is 5.70. The fourth-order valence-corrected chi connectivity index (χ4v) is 3.07. The molecule has 0 bridgehead atoms. The van der Waals surface area contributed by atoms with Gasteiger partial charge in [-0.1, -0.05) is 24.9 Å². The van der Waals surface area contributed by atoms with Crippen LogP contribution in [-0.2, 0) is 9.84 Å². The Hall–Kier alpha value is -0.580. The molecule has 16 heavy (non-hydrogen) atoms. The zero-order valence-electron chi connectivity index (χ0n) is 9.19. The smallest absolute Gasteiger partial charge is 0.179 e. The molecule has 0 aliphatic carbocycles. The normalized spacial score (nSPS) is 13.7. The van der Waals surface area contributed by atoms with Crippen LogP contribution in [0.25, 0.3) is 0 Å². The summed E-state index contributed by atoms with van der Waals surface area (Å²) in [6, 6.07) is 5.86. The number of hydrogen-bond donors (Lipinski definition) is 1. The van der Waals surface area contributed by atoms with Crippen LogP contribution in [-0.4, -0.2) is 20.2 Å². The molecule has 0 saturated carbocycles. The monoisotopic (exact) mass is 261 g/mol. The van der Waals surface area contributed by atoms with Gasteiger partial charge < -0.3 is 5.73 Å². The van der Waals surface area contributed by atoms with E-state index in [2.05, 4.69) is 0 Å². The zero-order valence-corrected chi connectivity index (χ0v) is 10.8. The van der Waals surface area contributed by atoms with E-state index >= 15 is 0 Å². The maximum atomic E-state index is 11.9. The van der Waals surface area contributed by atoms with Gasteiger partial charge in [0.05, 0.1) is 10.6 Å². The van der Waals surface area contributed by atoms with E-state index in [1.54, 1.807) is 12.1 Å². The SMILES string of the molecule is CCCC(N)CS(=O)(=O)c1ccc(Cl)cc1. The van der Waals surface area contributed by atoms with Crippen LogP contribution in [0.3, 0.4) is 0 Å². The summed E-state index contributed by atoms with van der Waals surface area (Å²) in [5, 5.41) is 0.525. The molecule has 0 aliphatic heterocycles. The lowest BCUT2D eigenvalue weighted by molar-refractivity contribution is 0.577. The Labute approximate surface area is 102 Å². The highest BCUT2D eigenvalue weighted by molar-refractivity contribution is 7.91. The maximum Gasteiger partial charge on any atom is 0.179 e. The van der Waals surface area contributed by atoms with Gasteiger partial charge in [-0.15, -0.1) is 0 Å². The van der Waals surface area contributed by atoms with Gasteiger partial charge in [-0.05, 0) is 30.7 Å². The van der Waals surface area contributed by atoms with Gasteiger partial charge in [0, 0.05) is 11.1 Å². The highest BCUT2D eigenvalue weighted by Crippen LogP contribution is 2.16. The molecule has 0 fully saturated rings. The van der Waals surface area contributed by atoms with E-state index < -0.39 is 9.84 Å². The second-order valence-electron chi connectivity index (χ2n) is 3.78. The quantitative estimate of drug-likeness (QED) is 0.884. The molecule has 3 nitrogen and oxygen atoms in total. The van der Waals surface area contributed by atoms with E-state index in [-0.39, 0.29) is 16.7 Å². The first kappa shape index (κ1) is 13.5. The predicted octanol–water partition coefficient (Wildman–Crippen LogP) is 2.24.